The molecule has 0 saturated heterocycles. The van der Waals surface area contributed by atoms with E-state index in [1.165, 1.54) is 6.07 Å². The van der Waals surface area contributed by atoms with Gasteiger partial charge in [0.2, 0.25) is 0 Å². The molecule has 0 atom stereocenters. The van der Waals surface area contributed by atoms with Gasteiger partial charge in [0, 0.05) is 5.92 Å². The minimum absolute atomic E-state index is 0.187. The van der Waals surface area contributed by atoms with Crippen molar-refractivity contribution in [3.8, 4) is 0 Å². The summed E-state index contributed by atoms with van der Waals surface area (Å²) in [5.41, 5.74) is 0.843. The summed E-state index contributed by atoms with van der Waals surface area (Å²) in [7, 11) is 0. The third-order valence-electron chi connectivity index (χ3n) is 1.88. The van der Waals surface area contributed by atoms with Gasteiger partial charge in [-0.3, -0.25) is 0 Å². The monoisotopic (exact) mass is 179 g/mol. The van der Waals surface area contributed by atoms with Crippen molar-refractivity contribution < 1.29 is 8.81 Å². The van der Waals surface area contributed by atoms with Gasteiger partial charge in [0.15, 0.2) is 17.3 Å². The topological polar surface area (TPSA) is 26.0 Å². The number of halogens is 1. The van der Waals surface area contributed by atoms with Crippen molar-refractivity contribution in [3.05, 3.63) is 29.9 Å². The Morgan fingerprint density at radius 3 is 2.77 bits per heavy atom. The van der Waals surface area contributed by atoms with Gasteiger partial charge in [0.25, 0.3) is 0 Å². The van der Waals surface area contributed by atoms with Gasteiger partial charge in [0.05, 0.1) is 0 Å². The molecule has 0 unspecified atom stereocenters. The SMILES string of the molecule is CC(C)c1nc2cccc(F)c2o1. The van der Waals surface area contributed by atoms with Crippen molar-refractivity contribution in [2.24, 2.45) is 0 Å². The number of rotatable bonds is 1. The lowest BCUT2D eigenvalue weighted by Gasteiger charge is -1.93. The van der Waals surface area contributed by atoms with E-state index in [1.54, 1.807) is 12.1 Å². The highest BCUT2D eigenvalue weighted by atomic mass is 19.1. The van der Waals surface area contributed by atoms with Crippen LogP contribution in [-0.4, -0.2) is 4.98 Å². The number of hydrogen-bond donors (Lipinski definition) is 0. The molecular formula is C10H10FNO. The summed E-state index contributed by atoms with van der Waals surface area (Å²) < 4.78 is 18.4. The molecule has 0 bridgehead atoms. The fourth-order valence-electron chi connectivity index (χ4n) is 1.18. The minimum Gasteiger partial charge on any atom is -0.437 e. The Bertz CT molecular complexity index is 433. The Labute approximate surface area is 75.4 Å². The van der Waals surface area contributed by atoms with Gasteiger partial charge in [-0.15, -0.1) is 0 Å². The molecule has 0 aliphatic heterocycles. The van der Waals surface area contributed by atoms with Gasteiger partial charge in [-0.25, -0.2) is 9.37 Å². The van der Waals surface area contributed by atoms with Crippen LogP contribution in [0.5, 0.6) is 0 Å². The molecule has 0 aliphatic carbocycles. The van der Waals surface area contributed by atoms with E-state index in [2.05, 4.69) is 4.98 Å². The second kappa shape index (κ2) is 2.83. The van der Waals surface area contributed by atoms with Crippen LogP contribution < -0.4 is 0 Å². The molecule has 0 radical (unpaired) electrons. The summed E-state index contributed by atoms with van der Waals surface area (Å²) in [6.07, 6.45) is 0. The van der Waals surface area contributed by atoms with Crippen LogP contribution in [0.15, 0.2) is 22.6 Å². The highest BCUT2D eigenvalue weighted by Gasteiger charge is 2.11. The standard InChI is InChI=1S/C10H10FNO/c1-6(2)10-12-8-5-3-4-7(11)9(8)13-10/h3-6H,1-2H3. The van der Waals surface area contributed by atoms with Crippen molar-refractivity contribution >= 4 is 11.1 Å². The van der Waals surface area contributed by atoms with Gasteiger partial charge in [-0.1, -0.05) is 19.9 Å². The normalized spacial score (nSPS) is 11.4. The molecule has 1 aromatic carbocycles. The maximum atomic E-state index is 13.1. The van der Waals surface area contributed by atoms with E-state index in [1.807, 2.05) is 13.8 Å². The Kier molecular flexibility index (Phi) is 1.79. The average molecular weight is 179 g/mol. The molecule has 2 aromatic rings. The second-order valence-corrected chi connectivity index (χ2v) is 3.29. The molecular weight excluding hydrogens is 169 g/mol. The summed E-state index contributed by atoms with van der Waals surface area (Å²) >= 11 is 0. The highest BCUT2D eigenvalue weighted by Crippen LogP contribution is 2.22. The van der Waals surface area contributed by atoms with E-state index in [0.29, 0.717) is 11.4 Å². The fraction of sp³-hybridized carbons (Fsp3) is 0.300. The van der Waals surface area contributed by atoms with E-state index >= 15 is 0 Å². The van der Waals surface area contributed by atoms with Crippen LogP contribution in [0.4, 0.5) is 4.39 Å². The van der Waals surface area contributed by atoms with Crippen molar-refractivity contribution in [1.82, 2.24) is 4.98 Å². The average Bonchev–Trinajstić information content (AvgIpc) is 2.49. The quantitative estimate of drug-likeness (QED) is 0.672. The second-order valence-electron chi connectivity index (χ2n) is 3.29. The lowest BCUT2D eigenvalue weighted by atomic mass is 10.2. The summed E-state index contributed by atoms with van der Waals surface area (Å²) in [4.78, 5) is 4.17. The number of benzene rings is 1. The lowest BCUT2D eigenvalue weighted by molar-refractivity contribution is 0.484. The first-order chi connectivity index (χ1) is 6.18. The molecule has 0 fully saturated rings. The molecule has 2 nitrogen and oxygen atoms in total. The molecule has 1 heterocycles. The highest BCUT2D eigenvalue weighted by molar-refractivity contribution is 5.73. The summed E-state index contributed by atoms with van der Waals surface area (Å²) in [6, 6.07) is 4.75. The van der Waals surface area contributed by atoms with Crippen molar-refractivity contribution in [2.45, 2.75) is 19.8 Å². The van der Waals surface area contributed by atoms with E-state index in [9.17, 15) is 4.39 Å². The van der Waals surface area contributed by atoms with Crippen LogP contribution in [0.25, 0.3) is 11.1 Å². The summed E-state index contributed by atoms with van der Waals surface area (Å²) in [5, 5.41) is 0. The molecule has 0 N–H and O–H groups in total. The maximum Gasteiger partial charge on any atom is 0.198 e. The molecule has 0 spiro atoms. The van der Waals surface area contributed by atoms with Gasteiger partial charge in [-0.2, -0.15) is 0 Å². The van der Waals surface area contributed by atoms with Crippen LogP contribution in [0.3, 0.4) is 0 Å². The first-order valence-electron chi connectivity index (χ1n) is 4.23. The summed E-state index contributed by atoms with van der Waals surface area (Å²) in [5.74, 6) is 0.420. The zero-order valence-corrected chi connectivity index (χ0v) is 7.54. The van der Waals surface area contributed by atoms with E-state index in [4.69, 9.17) is 4.42 Å². The van der Waals surface area contributed by atoms with Gasteiger partial charge in [-0.05, 0) is 12.1 Å². The number of oxazole rings is 1. The molecule has 1 aromatic heterocycles. The molecule has 0 saturated carbocycles. The predicted octanol–water partition coefficient (Wildman–Crippen LogP) is 3.09. The third kappa shape index (κ3) is 1.30. The number of para-hydroxylation sites is 1. The molecule has 3 heteroatoms. The Morgan fingerprint density at radius 1 is 1.38 bits per heavy atom. The van der Waals surface area contributed by atoms with E-state index < -0.39 is 0 Å². The zero-order chi connectivity index (χ0) is 9.42. The Hall–Kier alpha value is -1.38. The van der Waals surface area contributed by atoms with Crippen LogP contribution >= 0.6 is 0 Å². The largest absolute Gasteiger partial charge is 0.437 e. The molecule has 0 amide bonds. The van der Waals surface area contributed by atoms with E-state index in [-0.39, 0.29) is 17.3 Å². The van der Waals surface area contributed by atoms with Crippen molar-refractivity contribution in [3.63, 3.8) is 0 Å². The number of aromatic nitrogens is 1. The predicted molar refractivity (Wildman–Crippen MR) is 48.1 cm³/mol. The first kappa shape index (κ1) is 8.23. The van der Waals surface area contributed by atoms with Gasteiger partial charge >= 0.3 is 0 Å². The van der Waals surface area contributed by atoms with Crippen molar-refractivity contribution in [1.29, 1.82) is 0 Å². The lowest BCUT2D eigenvalue weighted by Crippen LogP contribution is -1.84. The minimum atomic E-state index is -0.350. The molecule has 0 aliphatic rings. The van der Waals surface area contributed by atoms with Crippen LogP contribution in [0, 0.1) is 5.82 Å². The number of nitrogens with zero attached hydrogens (tertiary/aromatic N) is 1. The number of hydrogen-bond acceptors (Lipinski definition) is 2. The zero-order valence-electron chi connectivity index (χ0n) is 7.54. The maximum absolute atomic E-state index is 13.1. The Morgan fingerprint density at radius 2 is 2.15 bits per heavy atom. The van der Waals surface area contributed by atoms with E-state index in [0.717, 1.165) is 0 Å². The smallest absolute Gasteiger partial charge is 0.198 e. The van der Waals surface area contributed by atoms with Gasteiger partial charge in [0.1, 0.15) is 5.52 Å². The fourth-order valence-corrected chi connectivity index (χ4v) is 1.18. The molecule has 68 valence electrons. The van der Waals surface area contributed by atoms with Gasteiger partial charge < -0.3 is 4.42 Å². The third-order valence-corrected chi connectivity index (χ3v) is 1.88. The summed E-state index contributed by atoms with van der Waals surface area (Å²) in [6.45, 7) is 3.92. The van der Waals surface area contributed by atoms with Crippen LogP contribution in [-0.2, 0) is 0 Å². The van der Waals surface area contributed by atoms with Crippen LogP contribution in [0.2, 0.25) is 0 Å². The first-order valence-corrected chi connectivity index (χ1v) is 4.23. The number of fused-ring (bicyclic) bond motifs is 1. The Balaban J connectivity index is 2.68. The van der Waals surface area contributed by atoms with Crippen molar-refractivity contribution in [2.75, 3.05) is 0 Å². The molecule has 2 rings (SSSR count). The molecule has 13 heavy (non-hydrogen) atoms. The van der Waals surface area contributed by atoms with Crippen LogP contribution in [0.1, 0.15) is 25.7 Å².